The van der Waals surface area contributed by atoms with Crippen LogP contribution in [0.2, 0.25) is 0 Å². The van der Waals surface area contributed by atoms with Gasteiger partial charge >= 0.3 is 1.43 Å². The summed E-state index contributed by atoms with van der Waals surface area (Å²) in [7, 11) is 1.68. The number of ether oxygens (including phenoxy) is 1. The quantitative estimate of drug-likeness (QED) is 0.738. The van der Waals surface area contributed by atoms with Crippen molar-refractivity contribution in [2.24, 2.45) is 0 Å². The van der Waals surface area contributed by atoms with E-state index in [4.69, 9.17) is 9.84 Å². The summed E-state index contributed by atoms with van der Waals surface area (Å²) in [6, 6.07) is 12.4. The molecule has 1 unspecified atom stereocenters. The lowest BCUT2D eigenvalue weighted by Gasteiger charge is -2.23. The molecule has 3 heterocycles. The normalized spacial score (nSPS) is 16.0. The lowest BCUT2D eigenvalue weighted by atomic mass is 9.96. The Bertz CT molecular complexity index is 852. The number of hydrogen-bond acceptors (Lipinski definition) is 4. The number of nitrogens with zero attached hydrogens (tertiary/aromatic N) is 3. The number of halogens is 1. The fourth-order valence-electron chi connectivity index (χ4n) is 3.32. The zero-order valence-corrected chi connectivity index (χ0v) is 15.0. The van der Waals surface area contributed by atoms with Crippen LogP contribution in [-0.4, -0.2) is 28.4 Å². The van der Waals surface area contributed by atoms with Crippen molar-refractivity contribution in [2.45, 2.75) is 19.5 Å². The molecule has 0 bridgehead atoms. The third kappa shape index (κ3) is 3.13. The molecular weight excluding hydrogens is 336 g/mol. The Morgan fingerprint density at radius 3 is 2.52 bits per heavy atom. The van der Waals surface area contributed by atoms with Crippen LogP contribution in [0.25, 0.3) is 22.4 Å². The second kappa shape index (κ2) is 7.25. The van der Waals surface area contributed by atoms with E-state index in [0.717, 1.165) is 35.7 Å². The molecule has 130 valence electrons. The van der Waals surface area contributed by atoms with Gasteiger partial charge in [-0.25, -0.2) is 0 Å². The summed E-state index contributed by atoms with van der Waals surface area (Å²) in [5, 5.41) is 8.45. The second-order valence-corrected chi connectivity index (χ2v) is 5.97. The molecule has 1 N–H and O–H groups in total. The van der Waals surface area contributed by atoms with Crippen molar-refractivity contribution in [3.63, 3.8) is 0 Å². The van der Waals surface area contributed by atoms with Crippen molar-refractivity contribution in [2.75, 3.05) is 13.7 Å². The standard InChI is InChI=1S/C19H20N4O.ClH/c1-13-19-17(14-7-9-20-10-8-14)18(22-23(19)12-11-21-13)15-3-5-16(24-2)6-4-15;/h3-10,13,21H,11-12H2,1-2H3;1H. The number of benzene rings is 1. The van der Waals surface area contributed by atoms with Crippen LogP contribution in [0.1, 0.15) is 20.1 Å². The summed E-state index contributed by atoms with van der Waals surface area (Å²) in [5.74, 6) is 0.850. The van der Waals surface area contributed by atoms with Gasteiger partial charge in [-0.2, -0.15) is 5.10 Å². The van der Waals surface area contributed by atoms with E-state index in [1.54, 1.807) is 7.11 Å². The minimum Gasteiger partial charge on any atom is -1.00 e. The average molecular weight is 357 g/mol. The molecule has 5 nitrogen and oxygen atoms in total. The van der Waals surface area contributed by atoms with Gasteiger partial charge in [0.15, 0.2) is 0 Å². The fraction of sp³-hybridized carbons (Fsp3) is 0.263. The molecule has 0 spiro atoms. The van der Waals surface area contributed by atoms with Crippen molar-refractivity contribution in [3.05, 3.63) is 54.5 Å². The van der Waals surface area contributed by atoms with Gasteiger partial charge in [0.2, 0.25) is 0 Å². The third-order valence-electron chi connectivity index (χ3n) is 4.51. The van der Waals surface area contributed by atoms with Gasteiger partial charge in [-0.1, -0.05) is 0 Å². The highest BCUT2D eigenvalue weighted by Gasteiger charge is 2.26. The Labute approximate surface area is 154 Å². The molecule has 0 saturated carbocycles. The van der Waals surface area contributed by atoms with E-state index in [1.165, 1.54) is 11.3 Å². The van der Waals surface area contributed by atoms with E-state index in [9.17, 15) is 0 Å². The zero-order chi connectivity index (χ0) is 16.5. The van der Waals surface area contributed by atoms with Crippen LogP contribution >= 0.6 is 0 Å². The third-order valence-corrected chi connectivity index (χ3v) is 4.51. The SMILES string of the molecule is COc1ccc(-c2nn3c(c2-c2ccncc2)C(C)NCC3)cc1.[Cl-].[H+]. The molecule has 0 fully saturated rings. The molecule has 0 aliphatic carbocycles. The van der Waals surface area contributed by atoms with Crippen LogP contribution in [0.5, 0.6) is 5.75 Å². The van der Waals surface area contributed by atoms with Gasteiger partial charge in [-0.05, 0) is 48.9 Å². The first-order valence-electron chi connectivity index (χ1n) is 8.17. The van der Waals surface area contributed by atoms with Crippen LogP contribution in [-0.2, 0) is 6.54 Å². The molecule has 1 atom stereocenters. The predicted octanol–water partition coefficient (Wildman–Crippen LogP) is 0.401. The smallest absolute Gasteiger partial charge is 1.00 e. The Morgan fingerprint density at radius 2 is 1.84 bits per heavy atom. The largest absolute Gasteiger partial charge is 1.00 e. The Morgan fingerprint density at radius 1 is 1.12 bits per heavy atom. The van der Waals surface area contributed by atoms with Crippen LogP contribution < -0.4 is 22.5 Å². The van der Waals surface area contributed by atoms with Crippen molar-refractivity contribution >= 4 is 0 Å². The summed E-state index contributed by atoms with van der Waals surface area (Å²) in [5.41, 5.74) is 5.67. The number of rotatable bonds is 3. The van der Waals surface area contributed by atoms with Crippen LogP contribution in [0.15, 0.2) is 48.8 Å². The number of nitrogens with one attached hydrogen (secondary N) is 1. The van der Waals surface area contributed by atoms with E-state index in [0.29, 0.717) is 0 Å². The second-order valence-electron chi connectivity index (χ2n) is 5.97. The van der Waals surface area contributed by atoms with E-state index < -0.39 is 0 Å². The maximum absolute atomic E-state index is 5.27. The van der Waals surface area contributed by atoms with E-state index >= 15 is 0 Å². The molecule has 0 amide bonds. The van der Waals surface area contributed by atoms with E-state index in [-0.39, 0.29) is 19.9 Å². The van der Waals surface area contributed by atoms with Gasteiger partial charge in [0.1, 0.15) is 11.4 Å². The topological polar surface area (TPSA) is 52.0 Å². The van der Waals surface area contributed by atoms with Gasteiger partial charge in [0.25, 0.3) is 0 Å². The number of aromatic nitrogens is 3. The molecule has 0 saturated heterocycles. The van der Waals surface area contributed by atoms with Gasteiger partial charge in [-0.3, -0.25) is 9.67 Å². The highest BCUT2D eigenvalue weighted by atomic mass is 35.5. The minimum absolute atomic E-state index is 0. The minimum atomic E-state index is 0. The lowest BCUT2D eigenvalue weighted by Crippen LogP contribution is -3.00. The number of methoxy groups -OCH3 is 1. The predicted molar refractivity (Wildman–Crippen MR) is 95.0 cm³/mol. The first-order valence-corrected chi connectivity index (χ1v) is 8.17. The molecule has 4 rings (SSSR count). The van der Waals surface area contributed by atoms with Crippen LogP contribution in [0.3, 0.4) is 0 Å². The first-order chi connectivity index (χ1) is 11.8. The van der Waals surface area contributed by atoms with E-state index in [2.05, 4.69) is 34.0 Å². The summed E-state index contributed by atoms with van der Waals surface area (Å²) in [4.78, 5) is 4.15. The van der Waals surface area contributed by atoms with Crippen molar-refractivity contribution < 1.29 is 18.6 Å². The number of fused-ring (bicyclic) bond motifs is 1. The maximum atomic E-state index is 5.27. The Hall–Kier alpha value is -2.37. The molecule has 1 aromatic carbocycles. The Kier molecular flexibility index (Phi) is 5.06. The fourth-order valence-corrected chi connectivity index (χ4v) is 3.32. The molecule has 3 aromatic rings. The van der Waals surface area contributed by atoms with Crippen LogP contribution in [0, 0.1) is 0 Å². The van der Waals surface area contributed by atoms with Crippen molar-refractivity contribution in [1.29, 1.82) is 0 Å². The molecule has 1 aliphatic rings. The van der Waals surface area contributed by atoms with Gasteiger partial charge in [0.05, 0.1) is 19.3 Å². The number of hydrogen-bond donors (Lipinski definition) is 1. The average Bonchev–Trinajstić information content (AvgIpc) is 3.03. The first kappa shape index (κ1) is 17.5. The lowest BCUT2D eigenvalue weighted by molar-refractivity contribution is -0.00000533. The highest BCUT2D eigenvalue weighted by Crippen LogP contribution is 2.38. The highest BCUT2D eigenvalue weighted by molar-refractivity contribution is 5.83. The summed E-state index contributed by atoms with van der Waals surface area (Å²) in [6.07, 6.45) is 3.66. The maximum Gasteiger partial charge on any atom is 1.00 e. The van der Waals surface area contributed by atoms with Gasteiger partial charge in [0, 0.05) is 36.1 Å². The summed E-state index contributed by atoms with van der Waals surface area (Å²) < 4.78 is 7.41. The summed E-state index contributed by atoms with van der Waals surface area (Å²) >= 11 is 0. The van der Waals surface area contributed by atoms with Gasteiger partial charge < -0.3 is 22.5 Å². The Balaban J connectivity index is 0.00000121. The molecular formula is C19H21ClN4O. The van der Waals surface area contributed by atoms with Crippen molar-refractivity contribution in [3.8, 4) is 28.1 Å². The van der Waals surface area contributed by atoms with Crippen LogP contribution in [0.4, 0.5) is 0 Å². The summed E-state index contributed by atoms with van der Waals surface area (Å²) in [6.45, 7) is 4.01. The number of pyridine rings is 1. The molecule has 6 heteroatoms. The van der Waals surface area contributed by atoms with E-state index in [1.807, 2.05) is 36.7 Å². The molecule has 1 aliphatic heterocycles. The molecule has 25 heavy (non-hydrogen) atoms. The van der Waals surface area contributed by atoms with Gasteiger partial charge in [-0.15, -0.1) is 0 Å². The molecule has 2 aromatic heterocycles. The van der Waals surface area contributed by atoms with Crippen molar-refractivity contribution in [1.82, 2.24) is 20.1 Å². The zero-order valence-electron chi connectivity index (χ0n) is 15.2. The molecule has 0 radical (unpaired) electrons. The monoisotopic (exact) mass is 356 g/mol.